The van der Waals surface area contributed by atoms with Crippen LogP contribution in [0, 0.1) is 0 Å². The lowest BCUT2D eigenvalue weighted by Gasteiger charge is -2.19. The van der Waals surface area contributed by atoms with Crippen LogP contribution in [0.3, 0.4) is 0 Å². The topological polar surface area (TPSA) is 49.4 Å². The molecule has 0 saturated heterocycles. The summed E-state index contributed by atoms with van der Waals surface area (Å²) in [4.78, 5) is 1.09. The lowest BCUT2D eigenvalue weighted by atomic mass is 10.4. The molecule has 4 nitrogen and oxygen atoms in total. The monoisotopic (exact) mass is 290 g/mol. The van der Waals surface area contributed by atoms with E-state index in [2.05, 4.69) is 5.32 Å². The molecule has 1 rings (SSSR count). The van der Waals surface area contributed by atoms with Gasteiger partial charge in [-0.3, -0.25) is 0 Å². The lowest BCUT2D eigenvalue weighted by Crippen LogP contribution is -2.33. The van der Waals surface area contributed by atoms with Crippen molar-refractivity contribution in [1.29, 1.82) is 0 Å². The maximum Gasteiger partial charge on any atom is 0.214 e. The maximum absolute atomic E-state index is 12.2. The molecule has 0 fully saturated rings. The molecule has 1 heterocycles. The quantitative estimate of drug-likeness (QED) is 0.707. The Balaban J connectivity index is 2.51. The molecule has 18 heavy (non-hydrogen) atoms. The largest absolute Gasteiger partial charge is 0.317 e. The molecule has 0 aliphatic carbocycles. The van der Waals surface area contributed by atoms with Crippen LogP contribution in [0.5, 0.6) is 0 Å². The van der Waals surface area contributed by atoms with Crippen molar-refractivity contribution in [3.63, 3.8) is 0 Å². The molecule has 0 aliphatic heterocycles. The third-order valence-electron chi connectivity index (χ3n) is 2.66. The Morgan fingerprint density at radius 1 is 1.39 bits per heavy atom. The van der Waals surface area contributed by atoms with Crippen LogP contribution in [-0.2, 0) is 16.6 Å². The minimum absolute atomic E-state index is 0.221. The second kappa shape index (κ2) is 7.89. The van der Waals surface area contributed by atoms with Gasteiger partial charge in [0.05, 0.1) is 5.75 Å². The van der Waals surface area contributed by atoms with Crippen LogP contribution in [0.4, 0.5) is 0 Å². The van der Waals surface area contributed by atoms with Crippen molar-refractivity contribution < 1.29 is 8.42 Å². The van der Waals surface area contributed by atoms with Crippen molar-refractivity contribution in [2.24, 2.45) is 0 Å². The predicted octanol–water partition coefficient (Wildman–Crippen LogP) is 1.90. The molecule has 0 unspecified atom stereocenters. The molecule has 0 aromatic carbocycles. The van der Waals surface area contributed by atoms with Gasteiger partial charge in [0.1, 0.15) is 0 Å². The molecule has 0 saturated carbocycles. The Kier molecular flexibility index (Phi) is 6.85. The summed E-state index contributed by atoms with van der Waals surface area (Å²) in [6.07, 6.45) is 0.664. The van der Waals surface area contributed by atoms with Crippen LogP contribution in [0.15, 0.2) is 17.5 Å². The van der Waals surface area contributed by atoms with Gasteiger partial charge in [0.25, 0.3) is 0 Å². The van der Waals surface area contributed by atoms with E-state index in [9.17, 15) is 8.42 Å². The van der Waals surface area contributed by atoms with Crippen molar-refractivity contribution in [3.8, 4) is 0 Å². The highest BCUT2D eigenvalue weighted by atomic mass is 32.2. The van der Waals surface area contributed by atoms with Crippen molar-refractivity contribution in [1.82, 2.24) is 9.62 Å². The van der Waals surface area contributed by atoms with E-state index in [0.717, 1.165) is 18.0 Å². The first-order chi connectivity index (χ1) is 8.60. The molecule has 1 N–H and O–H groups in total. The van der Waals surface area contributed by atoms with Gasteiger partial charge in [-0.25, -0.2) is 8.42 Å². The maximum atomic E-state index is 12.2. The molecule has 0 atom stereocenters. The summed E-state index contributed by atoms with van der Waals surface area (Å²) < 4.78 is 25.9. The van der Waals surface area contributed by atoms with Crippen molar-refractivity contribution in [2.75, 3.05) is 25.4 Å². The molecule has 1 aromatic rings. The Bertz CT molecular complexity index is 415. The SMILES string of the molecule is CCNCCCS(=O)(=O)N(CC)Cc1cccs1. The van der Waals surface area contributed by atoms with E-state index >= 15 is 0 Å². The van der Waals surface area contributed by atoms with Gasteiger partial charge in [0.2, 0.25) is 10.0 Å². The smallest absolute Gasteiger partial charge is 0.214 e. The van der Waals surface area contributed by atoms with Crippen molar-refractivity contribution in [2.45, 2.75) is 26.8 Å². The molecule has 0 aliphatic rings. The molecule has 6 heteroatoms. The van der Waals surface area contributed by atoms with Crippen molar-refractivity contribution >= 4 is 21.4 Å². The van der Waals surface area contributed by atoms with Crippen molar-refractivity contribution in [3.05, 3.63) is 22.4 Å². The number of hydrogen-bond acceptors (Lipinski definition) is 4. The fourth-order valence-corrected chi connectivity index (χ4v) is 3.97. The summed E-state index contributed by atoms with van der Waals surface area (Å²) in [5, 5.41) is 5.12. The normalized spacial score (nSPS) is 12.2. The number of nitrogens with one attached hydrogen (secondary N) is 1. The van der Waals surface area contributed by atoms with E-state index in [1.54, 1.807) is 15.6 Å². The van der Waals surface area contributed by atoms with E-state index in [1.807, 2.05) is 31.4 Å². The van der Waals surface area contributed by atoms with Crippen LogP contribution in [-0.4, -0.2) is 38.1 Å². The molecular formula is C12H22N2O2S2. The summed E-state index contributed by atoms with van der Waals surface area (Å²) in [5.74, 6) is 0.221. The molecule has 0 spiro atoms. The summed E-state index contributed by atoms with van der Waals surface area (Å²) in [6.45, 7) is 6.57. The number of nitrogens with zero attached hydrogens (tertiary/aromatic N) is 1. The van der Waals surface area contributed by atoms with Crippen LogP contribution in [0.25, 0.3) is 0 Å². The summed E-state index contributed by atoms with van der Waals surface area (Å²) >= 11 is 1.60. The number of sulfonamides is 1. The van der Waals surface area contributed by atoms with Gasteiger partial charge in [0, 0.05) is 18.0 Å². The second-order valence-corrected chi connectivity index (χ2v) is 7.15. The Morgan fingerprint density at radius 2 is 2.17 bits per heavy atom. The highest BCUT2D eigenvalue weighted by Gasteiger charge is 2.20. The highest BCUT2D eigenvalue weighted by molar-refractivity contribution is 7.89. The predicted molar refractivity (Wildman–Crippen MR) is 77.4 cm³/mol. The minimum atomic E-state index is -3.13. The third kappa shape index (κ3) is 5.06. The van der Waals surface area contributed by atoms with Gasteiger partial charge < -0.3 is 5.32 Å². The number of hydrogen-bond donors (Lipinski definition) is 1. The van der Waals surface area contributed by atoms with Gasteiger partial charge >= 0.3 is 0 Å². The van der Waals surface area contributed by atoms with E-state index in [-0.39, 0.29) is 5.75 Å². The third-order valence-corrected chi connectivity index (χ3v) is 5.50. The lowest BCUT2D eigenvalue weighted by molar-refractivity contribution is 0.425. The fourth-order valence-electron chi connectivity index (χ4n) is 1.67. The Hall–Kier alpha value is -0.430. The van der Waals surface area contributed by atoms with Gasteiger partial charge in [0.15, 0.2) is 0 Å². The van der Waals surface area contributed by atoms with E-state index in [1.165, 1.54) is 0 Å². The summed E-state index contributed by atoms with van der Waals surface area (Å²) in [7, 11) is -3.13. The van der Waals surface area contributed by atoms with Crippen LogP contribution >= 0.6 is 11.3 Å². The molecule has 0 bridgehead atoms. The number of thiophene rings is 1. The van der Waals surface area contributed by atoms with Crippen LogP contribution in [0.2, 0.25) is 0 Å². The first kappa shape index (κ1) is 15.6. The molecular weight excluding hydrogens is 268 g/mol. The average molecular weight is 290 g/mol. The first-order valence-electron chi connectivity index (χ1n) is 6.31. The van der Waals surface area contributed by atoms with E-state index in [4.69, 9.17) is 0 Å². The standard InChI is InChI=1S/C12H22N2O2S2/c1-3-13-8-6-10-18(15,16)14(4-2)11-12-7-5-9-17-12/h5,7,9,13H,3-4,6,8,10-11H2,1-2H3. The zero-order valence-corrected chi connectivity index (χ0v) is 12.7. The van der Waals surface area contributed by atoms with Crippen LogP contribution < -0.4 is 5.32 Å². The Labute approximate surface area is 114 Å². The fraction of sp³-hybridized carbons (Fsp3) is 0.667. The zero-order valence-electron chi connectivity index (χ0n) is 11.1. The average Bonchev–Trinajstić information content (AvgIpc) is 2.84. The van der Waals surface area contributed by atoms with Gasteiger partial charge in [-0.2, -0.15) is 4.31 Å². The summed E-state index contributed by atoms with van der Waals surface area (Å²) in [5.41, 5.74) is 0. The van der Waals surface area contributed by atoms with Gasteiger partial charge in [-0.15, -0.1) is 11.3 Å². The molecule has 0 amide bonds. The first-order valence-corrected chi connectivity index (χ1v) is 8.80. The van der Waals surface area contributed by atoms with Crippen LogP contribution in [0.1, 0.15) is 25.1 Å². The summed E-state index contributed by atoms with van der Waals surface area (Å²) in [6, 6.07) is 3.92. The van der Waals surface area contributed by atoms with Gasteiger partial charge in [-0.1, -0.05) is 19.9 Å². The van der Waals surface area contributed by atoms with E-state index < -0.39 is 10.0 Å². The zero-order chi connectivity index (χ0) is 13.4. The highest BCUT2D eigenvalue weighted by Crippen LogP contribution is 2.14. The Morgan fingerprint density at radius 3 is 2.72 bits per heavy atom. The molecule has 1 aromatic heterocycles. The minimum Gasteiger partial charge on any atom is -0.317 e. The molecule has 0 radical (unpaired) electrons. The number of rotatable bonds is 9. The van der Waals surface area contributed by atoms with E-state index in [0.29, 0.717) is 19.5 Å². The molecule has 104 valence electrons. The second-order valence-electron chi connectivity index (χ2n) is 4.03. The van der Waals surface area contributed by atoms with Gasteiger partial charge in [-0.05, 0) is 31.0 Å².